The van der Waals surface area contributed by atoms with Gasteiger partial charge in [0.05, 0.1) is 12.2 Å². The van der Waals surface area contributed by atoms with Crippen LogP contribution in [0.5, 0.6) is 0 Å². The van der Waals surface area contributed by atoms with Crippen LogP contribution in [0.3, 0.4) is 0 Å². The van der Waals surface area contributed by atoms with E-state index in [0.29, 0.717) is 11.4 Å². The molecule has 2 N–H and O–H groups in total. The summed E-state index contributed by atoms with van der Waals surface area (Å²) in [5.41, 5.74) is 0.905. The lowest BCUT2D eigenvalue weighted by Gasteiger charge is -2.11. The first-order chi connectivity index (χ1) is 11.5. The Morgan fingerprint density at radius 2 is 1.79 bits per heavy atom. The molecule has 0 unspecified atom stereocenters. The third-order valence-corrected chi connectivity index (χ3v) is 3.47. The minimum atomic E-state index is -0.532. The SMILES string of the molecule is CC(=O)Nc1cccc(-n2c(=O)[nH]c(=O)n2Cc2ccccc2)c1. The number of carbonyl (C=O) groups is 1. The fraction of sp³-hybridized carbons (Fsp3) is 0.118. The number of nitrogens with zero attached hydrogens (tertiary/aromatic N) is 2. The highest BCUT2D eigenvalue weighted by atomic mass is 16.2. The Bertz CT molecular complexity index is 983. The van der Waals surface area contributed by atoms with Gasteiger partial charge in [0.2, 0.25) is 5.91 Å². The molecule has 0 spiro atoms. The maximum atomic E-state index is 12.2. The predicted octanol–water partition coefficient (Wildman–Crippen LogP) is 1.33. The number of hydrogen-bond acceptors (Lipinski definition) is 3. The van der Waals surface area contributed by atoms with Gasteiger partial charge in [0, 0.05) is 12.6 Å². The maximum Gasteiger partial charge on any atom is 0.349 e. The fourth-order valence-electron chi connectivity index (χ4n) is 2.48. The highest BCUT2D eigenvalue weighted by Crippen LogP contribution is 2.13. The lowest BCUT2D eigenvalue weighted by atomic mass is 10.2. The molecule has 1 heterocycles. The van der Waals surface area contributed by atoms with Crippen LogP contribution in [-0.4, -0.2) is 20.3 Å². The summed E-state index contributed by atoms with van der Waals surface area (Å²) in [6, 6.07) is 16.1. The van der Waals surface area contributed by atoms with Gasteiger partial charge in [0.15, 0.2) is 0 Å². The Morgan fingerprint density at radius 3 is 2.50 bits per heavy atom. The van der Waals surface area contributed by atoms with Crippen LogP contribution in [0.15, 0.2) is 64.2 Å². The summed E-state index contributed by atoms with van der Waals surface area (Å²) in [5.74, 6) is -0.213. The van der Waals surface area contributed by atoms with E-state index in [0.717, 1.165) is 5.56 Å². The van der Waals surface area contributed by atoms with Crippen molar-refractivity contribution in [2.24, 2.45) is 0 Å². The first-order valence-corrected chi connectivity index (χ1v) is 7.39. The van der Waals surface area contributed by atoms with Gasteiger partial charge in [0.1, 0.15) is 0 Å². The van der Waals surface area contributed by atoms with Crippen LogP contribution in [0, 0.1) is 0 Å². The number of nitrogens with one attached hydrogen (secondary N) is 2. The molecule has 7 heteroatoms. The van der Waals surface area contributed by atoms with E-state index in [-0.39, 0.29) is 12.5 Å². The Hall–Kier alpha value is -3.35. The van der Waals surface area contributed by atoms with E-state index >= 15 is 0 Å². The normalized spacial score (nSPS) is 10.5. The van der Waals surface area contributed by atoms with Gasteiger partial charge in [-0.05, 0) is 23.8 Å². The molecule has 0 fully saturated rings. The van der Waals surface area contributed by atoms with Crippen molar-refractivity contribution >= 4 is 11.6 Å². The van der Waals surface area contributed by atoms with Crippen LogP contribution in [0.1, 0.15) is 12.5 Å². The molecule has 1 amide bonds. The number of aromatic amines is 1. The second kappa shape index (κ2) is 6.41. The monoisotopic (exact) mass is 324 g/mol. The molecule has 0 saturated heterocycles. The Balaban J connectivity index is 2.07. The topological polar surface area (TPSA) is 88.9 Å². The molecule has 24 heavy (non-hydrogen) atoms. The van der Waals surface area contributed by atoms with Gasteiger partial charge in [0.25, 0.3) is 0 Å². The summed E-state index contributed by atoms with van der Waals surface area (Å²) < 4.78 is 2.59. The van der Waals surface area contributed by atoms with Crippen molar-refractivity contribution in [3.05, 3.63) is 81.1 Å². The van der Waals surface area contributed by atoms with Crippen LogP contribution in [-0.2, 0) is 11.3 Å². The van der Waals surface area contributed by atoms with Gasteiger partial charge in [-0.1, -0.05) is 36.4 Å². The van der Waals surface area contributed by atoms with E-state index in [2.05, 4.69) is 10.3 Å². The van der Waals surface area contributed by atoms with Crippen LogP contribution in [0.25, 0.3) is 5.69 Å². The van der Waals surface area contributed by atoms with Crippen LogP contribution >= 0.6 is 0 Å². The van der Waals surface area contributed by atoms with Gasteiger partial charge in [-0.2, -0.15) is 4.68 Å². The second-order valence-electron chi connectivity index (χ2n) is 5.32. The van der Waals surface area contributed by atoms with Crippen molar-refractivity contribution in [3.8, 4) is 5.69 Å². The molecule has 0 aliphatic carbocycles. The van der Waals surface area contributed by atoms with Crippen molar-refractivity contribution in [2.75, 3.05) is 5.32 Å². The average molecular weight is 324 g/mol. The van der Waals surface area contributed by atoms with Crippen LogP contribution < -0.4 is 16.7 Å². The lowest BCUT2D eigenvalue weighted by Crippen LogP contribution is -2.26. The molecule has 0 saturated carbocycles. The van der Waals surface area contributed by atoms with E-state index < -0.39 is 11.4 Å². The van der Waals surface area contributed by atoms with E-state index in [1.165, 1.54) is 16.3 Å². The lowest BCUT2D eigenvalue weighted by molar-refractivity contribution is -0.114. The van der Waals surface area contributed by atoms with Crippen molar-refractivity contribution < 1.29 is 4.79 Å². The standard InChI is InChI=1S/C17H16N4O3/c1-12(22)18-14-8-5-9-15(10-14)21-17(24)19-16(23)20(21)11-13-6-3-2-4-7-13/h2-10H,11H2,1H3,(H,18,22)(H,19,23,24). The molecule has 0 aliphatic heterocycles. The third-order valence-electron chi connectivity index (χ3n) is 3.47. The van der Waals surface area contributed by atoms with E-state index in [1.54, 1.807) is 24.3 Å². The molecular weight excluding hydrogens is 308 g/mol. The number of benzene rings is 2. The summed E-state index contributed by atoms with van der Waals surface area (Å²) in [6.45, 7) is 1.66. The van der Waals surface area contributed by atoms with E-state index in [4.69, 9.17) is 0 Å². The number of hydrogen-bond donors (Lipinski definition) is 2. The Morgan fingerprint density at radius 1 is 1.04 bits per heavy atom. The number of amides is 1. The minimum Gasteiger partial charge on any atom is -0.326 e. The fourth-order valence-corrected chi connectivity index (χ4v) is 2.48. The van der Waals surface area contributed by atoms with E-state index in [1.807, 2.05) is 30.3 Å². The molecule has 0 radical (unpaired) electrons. The van der Waals surface area contributed by atoms with Crippen molar-refractivity contribution in [2.45, 2.75) is 13.5 Å². The third kappa shape index (κ3) is 3.19. The Labute approximate surface area is 137 Å². The predicted molar refractivity (Wildman–Crippen MR) is 90.5 cm³/mol. The largest absolute Gasteiger partial charge is 0.349 e. The summed E-state index contributed by atoms with van der Waals surface area (Å²) in [6.07, 6.45) is 0. The molecule has 2 aromatic carbocycles. The first-order valence-electron chi connectivity index (χ1n) is 7.39. The molecule has 1 aromatic heterocycles. The minimum absolute atomic E-state index is 0.213. The molecule has 0 bridgehead atoms. The molecular formula is C17H16N4O3. The second-order valence-corrected chi connectivity index (χ2v) is 5.32. The highest BCUT2D eigenvalue weighted by molar-refractivity contribution is 5.88. The number of carbonyl (C=O) groups excluding carboxylic acids is 1. The van der Waals surface area contributed by atoms with Crippen molar-refractivity contribution in [1.29, 1.82) is 0 Å². The van der Waals surface area contributed by atoms with E-state index in [9.17, 15) is 14.4 Å². The maximum absolute atomic E-state index is 12.2. The van der Waals surface area contributed by atoms with Crippen molar-refractivity contribution in [1.82, 2.24) is 14.3 Å². The summed E-state index contributed by atoms with van der Waals surface area (Å²) in [5, 5.41) is 2.66. The van der Waals surface area contributed by atoms with Gasteiger partial charge < -0.3 is 5.32 Å². The zero-order valence-corrected chi connectivity index (χ0v) is 13.0. The molecule has 0 aliphatic rings. The van der Waals surface area contributed by atoms with Crippen LogP contribution in [0.2, 0.25) is 0 Å². The molecule has 122 valence electrons. The number of H-pyrrole nitrogens is 1. The molecule has 3 rings (SSSR count). The van der Waals surface area contributed by atoms with Crippen molar-refractivity contribution in [3.63, 3.8) is 0 Å². The van der Waals surface area contributed by atoms with Gasteiger partial charge >= 0.3 is 11.4 Å². The quantitative estimate of drug-likeness (QED) is 0.759. The number of rotatable bonds is 4. The van der Waals surface area contributed by atoms with Gasteiger partial charge in [-0.25, -0.2) is 14.3 Å². The molecule has 3 aromatic rings. The summed E-state index contributed by atoms with van der Waals surface area (Å²) in [4.78, 5) is 37.8. The average Bonchev–Trinajstić information content (AvgIpc) is 2.82. The Kier molecular flexibility index (Phi) is 4.15. The van der Waals surface area contributed by atoms with Gasteiger partial charge in [-0.3, -0.25) is 9.78 Å². The zero-order valence-electron chi connectivity index (χ0n) is 13.0. The number of anilines is 1. The molecule has 7 nitrogen and oxygen atoms in total. The number of aromatic nitrogens is 3. The van der Waals surface area contributed by atoms with Crippen LogP contribution in [0.4, 0.5) is 5.69 Å². The summed E-state index contributed by atoms with van der Waals surface area (Å²) >= 11 is 0. The first kappa shape index (κ1) is 15.5. The molecule has 0 atom stereocenters. The highest BCUT2D eigenvalue weighted by Gasteiger charge is 2.12. The zero-order chi connectivity index (χ0) is 17.1. The van der Waals surface area contributed by atoms with Gasteiger partial charge in [-0.15, -0.1) is 0 Å². The smallest absolute Gasteiger partial charge is 0.326 e. The summed E-state index contributed by atoms with van der Waals surface area (Å²) in [7, 11) is 0.